The van der Waals surface area contributed by atoms with Crippen LogP contribution in [-0.4, -0.2) is 71.0 Å². The normalized spacial score (nSPS) is 22.0. The molecule has 0 aromatic heterocycles. The number of morpholine rings is 1. The van der Waals surface area contributed by atoms with Crippen molar-refractivity contribution >= 4 is 62.9 Å². The van der Waals surface area contributed by atoms with Crippen molar-refractivity contribution in [2.75, 3.05) is 37.7 Å². The maximum absolute atomic E-state index is 12.2. The third kappa shape index (κ3) is 7.94. The summed E-state index contributed by atoms with van der Waals surface area (Å²) in [4.78, 5) is 29.8. The van der Waals surface area contributed by atoms with Gasteiger partial charge in [0.05, 0.1) is 24.5 Å². The Labute approximate surface area is 194 Å². The lowest BCUT2D eigenvalue weighted by Crippen LogP contribution is -2.47. The summed E-state index contributed by atoms with van der Waals surface area (Å²) in [5.74, 6) is 0.598. The first-order chi connectivity index (χ1) is 14.4. The van der Waals surface area contributed by atoms with Crippen LogP contribution in [0.5, 0.6) is 0 Å². The van der Waals surface area contributed by atoms with Crippen LogP contribution in [0.2, 0.25) is 10.0 Å². The van der Waals surface area contributed by atoms with E-state index in [1.165, 1.54) is 11.8 Å². The number of amides is 2. The Morgan fingerprint density at radius 1 is 1.33 bits per heavy atom. The number of primary amides is 1. The SMILES string of the molecule is NC(=O)CC1CSC(SCC(=O)NC[C@H]2CN(Cc3cc(Cl)cc(Cl)c3)CCO2)=N1. The van der Waals surface area contributed by atoms with E-state index in [1.54, 1.807) is 17.8 Å². The second kappa shape index (κ2) is 11.6. The van der Waals surface area contributed by atoms with Crippen molar-refractivity contribution in [3.05, 3.63) is 33.8 Å². The third-order valence-electron chi connectivity index (χ3n) is 4.53. The first kappa shape index (κ1) is 23.7. The van der Waals surface area contributed by atoms with E-state index in [0.29, 0.717) is 23.2 Å². The standard InChI is InChI=1S/C19H24Cl2N4O3S2/c20-13-3-12(4-14(21)5-13)8-25-1-2-28-16(9-25)7-23-18(27)11-30-19-24-15(10-29-19)6-17(22)26/h3-5,15-16H,1-2,6-11H2,(H2,22,26)(H,23,27)/t15?,16-/m0/s1. The molecule has 164 valence electrons. The number of carbonyl (C=O) groups excluding carboxylic acids is 2. The predicted molar refractivity (Wildman–Crippen MR) is 124 cm³/mol. The Kier molecular flexibility index (Phi) is 9.15. The number of benzene rings is 1. The van der Waals surface area contributed by atoms with E-state index in [2.05, 4.69) is 15.2 Å². The average Bonchev–Trinajstić information content (AvgIpc) is 3.11. The number of nitrogens with zero attached hydrogens (tertiary/aromatic N) is 2. The zero-order valence-corrected chi connectivity index (χ0v) is 19.5. The van der Waals surface area contributed by atoms with Crippen LogP contribution >= 0.6 is 46.7 Å². The van der Waals surface area contributed by atoms with E-state index < -0.39 is 0 Å². The number of rotatable bonds is 8. The Morgan fingerprint density at radius 2 is 2.10 bits per heavy atom. The smallest absolute Gasteiger partial charge is 0.230 e. The highest BCUT2D eigenvalue weighted by molar-refractivity contribution is 8.39. The van der Waals surface area contributed by atoms with Crippen molar-refractivity contribution < 1.29 is 14.3 Å². The topological polar surface area (TPSA) is 97.0 Å². The van der Waals surface area contributed by atoms with Crippen LogP contribution in [0.4, 0.5) is 0 Å². The summed E-state index contributed by atoms with van der Waals surface area (Å²) >= 11 is 15.1. The van der Waals surface area contributed by atoms with Gasteiger partial charge in [-0.15, -0.1) is 0 Å². The van der Waals surface area contributed by atoms with Crippen LogP contribution < -0.4 is 11.1 Å². The highest BCUT2D eigenvalue weighted by atomic mass is 35.5. The lowest BCUT2D eigenvalue weighted by molar-refractivity contribution is -0.120. The van der Waals surface area contributed by atoms with Crippen molar-refractivity contribution in [1.29, 1.82) is 0 Å². The molecule has 2 aliphatic rings. The molecule has 0 saturated carbocycles. The average molecular weight is 491 g/mol. The van der Waals surface area contributed by atoms with Crippen LogP contribution in [0.15, 0.2) is 23.2 Å². The molecule has 0 aliphatic carbocycles. The van der Waals surface area contributed by atoms with Gasteiger partial charge in [-0.25, -0.2) is 0 Å². The quantitative estimate of drug-likeness (QED) is 0.580. The first-order valence-corrected chi connectivity index (χ1v) is 12.3. The molecule has 3 N–H and O–H groups in total. The number of nitrogens with two attached hydrogens (primary N) is 1. The summed E-state index contributed by atoms with van der Waals surface area (Å²) in [6.45, 7) is 3.32. The summed E-state index contributed by atoms with van der Waals surface area (Å²) in [5, 5.41) is 4.18. The second-order valence-electron chi connectivity index (χ2n) is 7.13. The van der Waals surface area contributed by atoms with Crippen LogP contribution in [0.25, 0.3) is 0 Å². The van der Waals surface area contributed by atoms with Gasteiger partial charge in [0.15, 0.2) is 0 Å². The highest BCUT2D eigenvalue weighted by Crippen LogP contribution is 2.27. The minimum Gasteiger partial charge on any atom is -0.374 e. The number of halogens is 2. The molecule has 7 nitrogen and oxygen atoms in total. The van der Waals surface area contributed by atoms with Gasteiger partial charge in [-0.1, -0.05) is 46.7 Å². The Hall–Kier alpha value is -0.970. The van der Waals surface area contributed by atoms with Crippen LogP contribution in [0.3, 0.4) is 0 Å². The van der Waals surface area contributed by atoms with Crippen molar-refractivity contribution in [1.82, 2.24) is 10.2 Å². The molecule has 11 heteroatoms. The molecule has 1 fully saturated rings. The molecule has 1 aromatic rings. The van der Waals surface area contributed by atoms with Gasteiger partial charge < -0.3 is 15.8 Å². The molecule has 1 unspecified atom stereocenters. The zero-order chi connectivity index (χ0) is 21.5. The van der Waals surface area contributed by atoms with Crippen molar-refractivity contribution in [2.24, 2.45) is 10.7 Å². The number of ether oxygens (including phenoxy) is 1. The van der Waals surface area contributed by atoms with E-state index in [4.69, 9.17) is 33.7 Å². The Bertz CT molecular complexity index is 792. The van der Waals surface area contributed by atoms with Crippen LogP contribution in [0.1, 0.15) is 12.0 Å². The van der Waals surface area contributed by atoms with Crippen molar-refractivity contribution in [3.63, 3.8) is 0 Å². The van der Waals surface area contributed by atoms with Gasteiger partial charge in [-0.3, -0.25) is 19.5 Å². The van der Waals surface area contributed by atoms with E-state index in [1.807, 2.05) is 12.1 Å². The third-order valence-corrected chi connectivity index (χ3v) is 7.34. The van der Waals surface area contributed by atoms with E-state index in [-0.39, 0.29) is 36.1 Å². The van der Waals surface area contributed by atoms with Gasteiger partial charge in [-0.2, -0.15) is 0 Å². The Balaban J connectivity index is 1.38. The molecule has 0 bridgehead atoms. The molecule has 30 heavy (non-hydrogen) atoms. The summed E-state index contributed by atoms with van der Waals surface area (Å²) in [6, 6.07) is 5.47. The summed E-state index contributed by atoms with van der Waals surface area (Å²) < 4.78 is 6.62. The van der Waals surface area contributed by atoms with Crippen LogP contribution in [0, 0.1) is 0 Å². The lowest BCUT2D eigenvalue weighted by atomic mass is 10.2. The molecule has 0 radical (unpaired) electrons. The maximum atomic E-state index is 12.2. The van der Waals surface area contributed by atoms with E-state index in [0.717, 1.165) is 35.3 Å². The number of aliphatic imine (C=N–C) groups is 1. The fourth-order valence-corrected chi connectivity index (χ4v) is 5.84. The van der Waals surface area contributed by atoms with E-state index >= 15 is 0 Å². The molecule has 2 amide bonds. The number of thioether (sulfide) groups is 2. The van der Waals surface area contributed by atoms with Gasteiger partial charge in [-0.05, 0) is 23.8 Å². The van der Waals surface area contributed by atoms with Gasteiger partial charge in [0, 0.05) is 48.4 Å². The molecule has 1 saturated heterocycles. The fraction of sp³-hybridized carbons (Fsp3) is 0.526. The minimum atomic E-state index is -0.353. The van der Waals surface area contributed by atoms with E-state index in [9.17, 15) is 9.59 Å². The first-order valence-electron chi connectivity index (χ1n) is 9.54. The zero-order valence-electron chi connectivity index (χ0n) is 16.3. The molecule has 2 atom stereocenters. The molecule has 0 spiro atoms. The molecular weight excluding hydrogens is 467 g/mol. The fourth-order valence-electron chi connectivity index (χ4n) is 3.22. The summed E-state index contributed by atoms with van der Waals surface area (Å²) in [6.07, 6.45) is 0.181. The number of hydrogen-bond donors (Lipinski definition) is 2. The van der Waals surface area contributed by atoms with Gasteiger partial charge in [0.2, 0.25) is 11.8 Å². The van der Waals surface area contributed by atoms with Crippen LogP contribution in [-0.2, 0) is 20.9 Å². The number of carbonyl (C=O) groups is 2. The molecule has 2 heterocycles. The Morgan fingerprint density at radius 3 is 2.83 bits per heavy atom. The molecule has 2 aliphatic heterocycles. The lowest BCUT2D eigenvalue weighted by Gasteiger charge is -2.33. The molecule has 1 aromatic carbocycles. The highest BCUT2D eigenvalue weighted by Gasteiger charge is 2.23. The molecular formula is C19H24Cl2N4O3S2. The van der Waals surface area contributed by atoms with Gasteiger partial charge in [0.1, 0.15) is 4.38 Å². The second-order valence-corrected chi connectivity index (χ2v) is 10.2. The molecule has 3 rings (SSSR count). The largest absolute Gasteiger partial charge is 0.374 e. The van der Waals surface area contributed by atoms with Gasteiger partial charge in [0.25, 0.3) is 0 Å². The monoisotopic (exact) mass is 490 g/mol. The summed E-state index contributed by atoms with van der Waals surface area (Å²) in [5.41, 5.74) is 6.25. The van der Waals surface area contributed by atoms with Crippen molar-refractivity contribution in [3.8, 4) is 0 Å². The minimum absolute atomic E-state index is 0.0657. The maximum Gasteiger partial charge on any atom is 0.230 e. The predicted octanol–water partition coefficient (Wildman–Crippen LogP) is 2.39. The van der Waals surface area contributed by atoms with Gasteiger partial charge >= 0.3 is 0 Å². The van der Waals surface area contributed by atoms with Crippen molar-refractivity contribution in [2.45, 2.75) is 25.1 Å². The number of hydrogen-bond acceptors (Lipinski definition) is 7. The summed E-state index contributed by atoms with van der Waals surface area (Å²) in [7, 11) is 0. The number of nitrogens with one attached hydrogen (secondary N) is 1.